The first-order chi connectivity index (χ1) is 8.45. The molecule has 3 nitrogen and oxygen atoms in total. The van der Waals surface area contributed by atoms with Crippen molar-refractivity contribution >= 4 is 33.5 Å². The molecule has 1 aromatic heterocycles. The molecule has 102 valence electrons. The third-order valence-electron chi connectivity index (χ3n) is 2.39. The van der Waals surface area contributed by atoms with Gasteiger partial charge in [0.15, 0.2) is 0 Å². The molecule has 1 heterocycles. The van der Waals surface area contributed by atoms with Crippen LogP contribution in [0.1, 0.15) is 45.1 Å². The molecule has 0 amide bonds. The standard InChI is InChI=1S/C13H22BrN3S/c1-8(2)6-18-7-10-16-12(9(3)4)11(14)13(15-5)17-10/h8-9H,6-7H2,1-5H3,(H,15,16,17). The zero-order valence-electron chi connectivity index (χ0n) is 11.7. The van der Waals surface area contributed by atoms with Crippen molar-refractivity contribution in [1.29, 1.82) is 0 Å². The Hall–Kier alpha value is -0.290. The fraction of sp³-hybridized carbons (Fsp3) is 0.692. The molecule has 0 atom stereocenters. The van der Waals surface area contributed by atoms with Crippen molar-refractivity contribution in [2.24, 2.45) is 5.92 Å². The van der Waals surface area contributed by atoms with Crippen molar-refractivity contribution < 1.29 is 0 Å². The van der Waals surface area contributed by atoms with Gasteiger partial charge in [-0.2, -0.15) is 11.8 Å². The van der Waals surface area contributed by atoms with Gasteiger partial charge in [-0.05, 0) is 33.5 Å². The number of thioether (sulfide) groups is 1. The Kier molecular flexibility index (Phi) is 6.43. The Bertz CT molecular complexity index is 394. The van der Waals surface area contributed by atoms with Crippen molar-refractivity contribution in [3.05, 3.63) is 16.0 Å². The molecule has 0 aromatic carbocycles. The number of hydrogen-bond acceptors (Lipinski definition) is 4. The molecule has 1 N–H and O–H groups in total. The molecular weight excluding hydrogens is 310 g/mol. The van der Waals surface area contributed by atoms with Crippen LogP contribution >= 0.6 is 27.7 Å². The summed E-state index contributed by atoms with van der Waals surface area (Å²) in [7, 11) is 1.89. The summed E-state index contributed by atoms with van der Waals surface area (Å²) in [6.45, 7) is 8.76. The van der Waals surface area contributed by atoms with Crippen molar-refractivity contribution in [2.45, 2.75) is 39.4 Å². The average molecular weight is 332 g/mol. The van der Waals surface area contributed by atoms with E-state index in [2.05, 4.69) is 58.9 Å². The van der Waals surface area contributed by atoms with Crippen LogP contribution in [0.15, 0.2) is 4.47 Å². The molecule has 1 rings (SSSR count). The lowest BCUT2D eigenvalue weighted by atomic mass is 10.1. The predicted octanol–water partition coefficient (Wildman–Crippen LogP) is 4.29. The van der Waals surface area contributed by atoms with Gasteiger partial charge in [-0.1, -0.05) is 27.7 Å². The van der Waals surface area contributed by atoms with Gasteiger partial charge >= 0.3 is 0 Å². The second-order valence-corrected chi connectivity index (χ2v) is 6.82. The Labute approximate surface area is 123 Å². The minimum atomic E-state index is 0.392. The Balaban J connectivity index is 2.88. The molecular formula is C13H22BrN3S. The van der Waals surface area contributed by atoms with Gasteiger partial charge < -0.3 is 5.32 Å². The second kappa shape index (κ2) is 7.34. The number of hydrogen-bond donors (Lipinski definition) is 1. The van der Waals surface area contributed by atoms with Gasteiger partial charge in [0, 0.05) is 7.05 Å². The average Bonchev–Trinajstić information content (AvgIpc) is 2.30. The smallest absolute Gasteiger partial charge is 0.144 e. The third-order valence-corrected chi connectivity index (χ3v) is 4.54. The van der Waals surface area contributed by atoms with Crippen LogP contribution in [-0.2, 0) is 5.75 Å². The zero-order valence-corrected chi connectivity index (χ0v) is 14.2. The van der Waals surface area contributed by atoms with Crippen molar-refractivity contribution in [3.63, 3.8) is 0 Å². The molecule has 0 radical (unpaired) electrons. The molecule has 0 bridgehead atoms. The van der Waals surface area contributed by atoms with Crippen LogP contribution in [0.4, 0.5) is 5.82 Å². The van der Waals surface area contributed by atoms with Crippen LogP contribution < -0.4 is 5.32 Å². The Morgan fingerprint density at radius 1 is 1.22 bits per heavy atom. The minimum absolute atomic E-state index is 0.392. The first-order valence-electron chi connectivity index (χ1n) is 6.27. The number of nitrogens with one attached hydrogen (secondary N) is 1. The molecule has 0 aliphatic rings. The minimum Gasteiger partial charge on any atom is -0.372 e. The van der Waals surface area contributed by atoms with E-state index >= 15 is 0 Å². The summed E-state index contributed by atoms with van der Waals surface area (Å²) < 4.78 is 0.984. The number of nitrogens with zero attached hydrogens (tertiary/aromatic N) is 2. The van der Waals surface area contributed by atoms with Crippen molar-refractivity contribution in [1.82, 2.24) is 9.97 Å². The maximum Gasteiger partial charge on any atom is 0.144 e. The molecule has 0 aliphatic heterocycles. The van der Waals surface area contributed by atoms with Crippen LogP contribution in [0.5, 0.6) is 0 Å². The topological polar surface area (TPSA) is 37.8 Å². The Morgan fingerprint density at radius 2 is 1.89 bits per heavy atom. The lowest BCUT2D eigenvalue weighted by molar-refractivity contribution is 0.749. The highest BCUT2D eigenvalue weighted by Gasteiger charge is 2.14. The SMILES string of the molecule is CNc1nc(CSCC(C)C)nc(C(C)C)c1Br. The van der Waals surface area contributed by atoms with Crippen LogP contribution in [-0.4, -0.2) is 22.8 Å². The number of rotatable bonds is 6. The maximum atomic E-state index is 4.66. The lowest BCUT2D eigenvalue weighted by Crippen LogP contribution is -2.06. The summed E-state index contributed by atoms with van der Waals surface area (Å²) in [5.74, 6) is 4.92. The summed E-state index contributed by atoms with van der Waals surface area (Å²) in [6, 6.07) is 0. The van der Waals surface area contributed by atoms with E-state index < -0.39 is 0 Å². The first kappa shape index (κ1) is 15.8. The monoisotopic (exact) mass is 331 g/mol. The van der Waals surface area contributed by atoms with E-state index in [1.54, 1.807) is 0 Å². The quantitative estimate of drug-likeness (QED) is 0.843. The highest BCUT2D eigenvalue weighted by Crippen LogP contribution is 2.29. The van der Waals surface area contributed by atoms with Crippen molar-refractivity contribution in [2.75, 3.05) is 18.1 Å². The summed E-state index contributed by atoms with van der Waals surface area (Å²) in [4.78, 5) is 9.20. The van der Waals surface area contributed by atoms with Crippen LogP contribution in [0.2, 0.25) is 0 Å². The number of aromatic nitrogens is 2. The Morgan fingerprint density at radius 3 is 2.39 bits per heavy atom. The van der Waals surface area contributed by atoms with E-state index in [0.717, 1.165) is 33.3 Å². The summed E-state index contributed by atoms with van der Waals surface area (Å²) in [5, 5.41) is 3.12. The van der Waals surface area contributed by atoms with Crippen LogP contribution in [0.3, 0.4) is 0 Å². The number of halogens is 1. The molecule has 5 heteroatoms. The molecule has 0 spiro atoms. The van der Waals surface area contributed by atoms with Gasteiger partial charge in [0.2, 0.25) is 0 Å². The van der Waals surface area contributed by atoms with E-state index in [1.165, 1.54) is 0 Å². The van der Waals surface area contributed by atoms with Crippen LogP contribution in [0.25, 0.3) is 0 Å². The largest absolute Gasteiger partial charge is 0.372 e. The lowest BCUT2D eigenvalue weighted by Gasteiger charge is -2.13. The van der Waals surface area contributed by atoms with E-state index in [1.807, 2.05) is 18.8 Å². The molecule has 1 aromatic rings. The van der Waals surface area contributed by atoms with Crippen molar-refractivity contribution in [3.8, 4) is 0 Å². The predicted molar refractivity (Wildman–Crippen MR) is 84.4 cm³/mol. The van der Waals surface area contributed by atoms with Gasteiger partial charge in [-0.25, -0.2) is 9.97 Å². The van der Waals surface area contributed by atoms with E-state index in [-0.39, 0.29) is 0 Å². The third kappa shape index (κ3) is 4.43. The van der Waals surface area contributed by atoms with E-state index in [4.69, 9.17) is 0 Å². The van der Waals surface area contributed by atoms with Crippen LogP contribution in [0, 0.1) is 5.92 Å². The second-order valence-electron chi connectivity index (χ2n) is 5.00. The molecule has 0 aliphatic carbocycles. The summed E-state index contributed by atoms with van der Waals surface area (Å²) in [5.41, 5.74) is 1.08. The zero-order chi connectivity index (χ0) is 13.7. The highest BCUT2D eigenvalue weighted by molar-refractivity contribution is 9.10. The molecule has 0 saturated carbocycles. The fourth-order valence-corrected chi connectivity index (χ4v) is 3.25. The molecule has 0 saturated heterocycles. The van der Waals surface area contributed by atoms with E-state index in [9.17, 15) is 0 Å². The van der Waals surface area contributed by atoms with E-state index in [0.29, 0.717) is 11.8 Å². The molecule has 18 heavy (non-hydrogen) atoms. The fourth-order valence-electron chi connectivity index (χ4n) is 1.51. The van der Waals surface area contributed by atoms with Gasteiger partial charge in [-0.15, -0.1) is 0 Å². The molecule has 0 unspecified atom stereocenters. The maximum absolute atomic E-state index is 4.66. The van der Waals surface area contributed by atoms with Gasteiger partial charge in [0.1, 0.15) is 11.6 Å². The van der Waals surface area contributed by atoms with Gasteiger partial charge in [0.25, 0.3) is 0 Å². The number of anilines is 1. The normalized spacial score (nSPS) is 11.3. The summed E-state index contributed by atoms with van der Waals surface area (Å²) in [6.07, 6.45) is 0. The summed E-state index contributed by atoms with van der Waals surface area (Å²) >= 11 is 5.47. The molecule has 0 fully saturated rings. The highest BCUT2D eigenvalue weighted by atomic mass is 79.9. The van der Waals surface area contributed by atoms with Gasteiger partial charge in [-0.3, -0.25) is 0 Å². The van der Waals surface area contributed by atoms with Gasteiger partial charge in [0.05, 0.1) is 15.9 Å². The first-order valence-corrected chi connectivity index (χ1v) is 8.22.